The maximum Gasteiger partial charge on any atom is 0.111 e. The Morgan fingerprint density at radius 1 is 1.13 bits per heavy atom. The van der Waals surface area contributed by atoms with E-state index in [0.29, 0.717) is 5.56 Å². The third kappa shape index (κ3) is 3.22. The van der Waals surface area contributed by atoms with Gasteiger partial charge in [0.05, 0.1) is 23.3 Å². The summed E-state index contributed by atoms with van der Waals surface area (Å²) in [6.45, 7) is 8.86. The topological polar surface area (TPSA) is 66.1 Å². The van der Waals surface area contributed by atoms with Crippen LogP contribution in [0.15, 0.2) is 24.3 Å². The van der Waals surface area contributed by atoms with Crippen LogP contribution in [0.5, 0.6) is 0 Å². The predicted octanol–water partition coefficient (Wildman–Crippen LogP) is 5.97. The summed E-state index contributed by atoms with van der Waals surface area (Å²) in [7, 11) is 0. The molecule has 1 saturated carbocycles. The molecule has 3 aliphatic rings. The second-order valence-corrected chi connectivity index (χ2v) is 10.8. The summed E-state index contributed by atoms with van der Waals surface area (Å²) in [4.78, 5) is 5.20. The molecular formula is C27H32N2O2. The van der Waals surface area contributed by atoms with E-state index in [4.69, 9.17) is 9.72 Å². The van der Waals surface area contributed by atoms with Gasteiger partial charge in [-0.15, -0.1) is 0 Å². The Hall–Kier alpha value is -2.22. The zero-order valence-corrected chi connectivity index (χ0v) is 19.0. The Kier molecular flexibility index (Phi) is 4.77. The number of aromatic nitrogens is 1. The molecule has 0 saturated heterocycles. The molecular weight excluding hydrogens is 384 g/mol. The number of ether oxygens (including phenoxy) is 1. The maximum absolute atomic E-state index is 11.3. The molecule has 1 aromatic carbocycles. The molecule has 4 nitrogen and oxygen atoms in total. The molecule has 1 unspecified atom stereocenters. The van der Waals surface area contributed by atoms with Crippen LogP contribution in [-0.2, 0) is 16.8 Å². The van der Waals surface area contributed by atoms with Crippen LogP contribution in [0.25, 0.3) is 0 Å². The Morgan fingerprint density at radius 2 is 1.81 bits per heavy atom. The maximum atomic E-state index is 11.3. The summed E-state index contributed by atoms with van der Waals surface area (Å²) in [5.41, 5.74) is 7.09. The third-order valence-corrected chi connectivity index (χ3v) is 7.47. The van der Waals surface area contributed by atoms with Crippen molar-refractivity contribution in [2.75, 3.05) is 0 Å². The fourth-order valence-corrected chi connectivity index (χ4v) is 6.15. The van der Waals surface area contributed by atoms with Crippen LogP contribution in [0.1, 0.15) is 117 Å². The van der Waals surface area contributed by atoms with Crippen molar-refractivity contribution in [1.29, 1.82) is 5.26 Å². The van der Waals surface area contributed by atoms with Crippen LogP contribution in [0, 0.1) is 16.7 Å². The molecule has 31 heavy (non-hydrogen) atoms. The number of nitrogens with zero attached hydrogens (tertiary/aromatic N) is 2. The van der Waals surface area contributed by atoms with E-state index < -0.39 is 6.10 Å². The van der Waals surface area contributed by atoms with Gasteiger partial charge in [0.1, 0.15) is 6.10 Å². The largest absolute Gasteiger partial charge is 0.388 e. The van der Waals surface area contributed by atoms with Gasteiger partial charge in [-0.2, -0.15) is 5.26 Å². The molecule has 1 N–H and O–H groups in total. The summed E-state index contributed by atoms with van der Waals surface area (Å²) < 4.78 is 6.96. The number of rotatable bonds is 2. The minimum atomic E-state index is -0.498. The normalized spacial score (nSPS) is 25.5. The lowest BCUT2D eigenvalue weighted by molar-refractivity contribution is -0.0580. The molecule has 1 fully saturated rings. The van der Waals surface area contributed by atoms with E-state index in [0.717, 1.165) is 61.0 Å². The van der Waals surface area contributed by atoms with Gasteiger partial charge in [0, 0.05) is 22.5 Å². The van der Waals surface area contributed by atoms with E-state index in [1.807, 2.05) is 24.3 Å². The van der Waals surface area contributed by atoms with Gasteiger partial charge in [-0.25, -0.2) is 0 Å². The Labute approximate surface area is 185 Å². The lowest BCUT2D eigenvalue weighted by atomic mass is 9.70. The SMILES string of the molecule is CC(C)c1nc2c(c3c1[C@@H](c1ccc(C#N)cc1)OC31CCCC1)C(O)CC(C)(C)C2. The van der Waals surface area contributed by atoms with E-state index in [-0.39, 0.29) is 23.0 Å². The fourth-order valence-electron chi connectivity index (χ4n) is 6.15. The van der Waals surface area contributed by atoms with E-state index in [1.165, 1.54) is 11.1 Å². The molecule has 4 heteroatoms. The number of nitriles is 1. The number of aliphatic hydroxyl groups is 1. The molecule has 2 heterocycles. The van der Waals surface area contributed by atoms with Crippen LogP contribution in [-0.4, -0.2) is 10.1 Å². The van der Waals surface area contributed by atoms with E-state index in [1.54, 1.807) is 0 Å². The molecule has 2 aliphatic carbocycles. The van der Waals surface area contributed by atoms with Crippen molar-refractivity contribution < 1.29 is 9.84 Å². The average Bonchev–Trinajstić information content (AvgIpc) is 3.32. The van der Waals surface area contributed by atoms with E-state index >= 15 is 0 Å². The fraction of sp³-hybridized carbons (Fsp3) is 0.556. The van der Waals surface area contributed by atoms with Gasteiger partial charge >= 0.3 is 0 Å². The summed E-state index contributed by atoms with van der Waals surface area (Å²) in [5, 5.41) is 20.5. The number of benzene rings is 1. The number of fused-ring (bicyclic) bond motifs is 4. The number of hydrogen-bond donors (Lipinski definition) is 1. The molecule has 1 aliphatic heterocycles. The number of pyridine rings is 1. The minimum Gasteiger partial charge on any atom is -0.388 e. The number of hydrogen-bond acceptors (Lipinski definition) is 4. The molecule has 1 spiro atoms. The first-order valence-corrected chi connectivity index (χ1v) is 11.7. The molecule has 162 valence electrons. The highest BCUT2D eigenvalue weighted by Crippen LogP contribution is 2.59. The Bertz CT molecular complexity index is 1060. The van der Waals surface area contributed by atoms with Crippen molar-refractivity contribution in [3.05, 3.63) is 63.5 Å². The van der Waals surface area contributed by atoms with Crippen molar-refractivity contribution in [3.8, 4) is 6.07 Å². The Morgan fingerprint density at radius 3 is 2.42 bits per heavy atom. The van der Waals surface area contributed by atoms with E-state index in [2.05, 4.69) is 33.8 Å². The zero-order valence-electron chi connectivity index (χ0n) is 19.0. The summed E-state index contributed by atoms with van der Waals surface area (Å²) in [6, 6.07) is 9.99. The second kappa shape index (κ2) is 7.15. The standard InChI is InChI=1S/C27H32N2O2/c1-16(2)24-22-23(21-19(29-24)13-26(3,4)14-20(21)30)27(11-5-6-12-27)31-25(22)18-9-7-17(15-28)8-10-18/h7-10,16,20,25,30H,5-6,11-14H2,1-4H3/t20?,25-/m1/s1. The lowest BCUT2D eigenvalue weighted by Crippen LogP contribution is -2.32. The van der Waals surface area contributed by atoms with Crippen LogP contribution in [0.2, 0.25) is 0 Å². The van der Waals surface area contributed by atoms with Crippen molar-refractivity contribution in [3.63, 3.8) is 0 Å². The highest BCUT2D eigenvalue weighted by Gasteiger charge is 2.52. The third-order valence-electron chi connectivity index (χ3n) is 7.47. The lowest BCUT2D eigenvalue weighted by Gasteiger charge is -2.38. The smallest absolute Gasteiger partial charge is 0.111 e. The van der Waals surface area contributed by atoms with Gasteiger partial charge in [0.15, 0.2) is 0 Å². The molecule has 2 atom stereocenters. The highest BCUT2D eigenvalue weighted by molar-refractivity contribution is 5.54. The molecule has 0 bridgehead atoms. The van der Waals surface area contributed by atoms with Gasteiger partial charge in [0.25, 0.3) is 0 Å². The van der Waals surface area contributed by atoms with Crippen molar-refractivity contribution in [2.45, 2.75) is 89.9 Å². The van der Waals surface area contributed by atoms with Gasteiger partial charge < -0.3 is 9.84 Å². The van der Waals surface area contributed by atoms with Gasteiger partial charge in [0.2, 0.25) is 0 Å². The van der Waals surface area contributed by atoms with Gasteiger partial charge in [-0.3, -0.25) is 4.98 Å². The Balaban J connectivity index is 1.78. The predicted molar refractivity (Wildman–Crippen MR) is 120 cm³/mol. The molecule has 0 radical (unpaired) electrons. The minimum absolute atomic E-state index is 0.0384. The first-order valence-electron chi connectivity index (χ1n) is 11.7. The van der Waals surface area contributed by atoms with E-state index in [9.17, 15) is 10.4 Å². The first-order chi connectivity index (χ1) is 14.7. The summed E-state index contributed by atoms with van der Waals surface area (Å²) in [5.74, 6) is 0.266. The first kappa shape index (κ1) is 20.7. The summed E-state index contributed by atoms with van der Waals surface area (Å²) >= 11 is 0. The van der Waals surface area contributed by atoms with Crippen LogP contribution in [0.3, 0.4) is 0 Å². The van der Waals surface area contributed by atoms with Gasteiger partial charge in [-0.05, 0) is 60.3 Å². The summed E-state index contributed by atoms with van der Waals surface area (Å²) in [6.07, 6.45) is 5.25. The average molecular weight is 417 g/mol. The molecule has 5 rings (SSSR count). The molecule has 0 amide bonds. The van der Waals surface area contributed by atoms with Crippen molar-refractivity contribution in [2.24, 2.45) is 5.41 Å². The number of aliphatic hydroxyl groups excluding tert-OH is 1. The van der Waals surface area contributed by atoms with Gasteiger partial charge in [-0.1, -0.05) is 52.7 Å². The molecule has 2 aromatic rings. The van der Waals surface area contributed by atoms with Crippen LogP contribution in [0.4, 0.5) is 0 Å². The van der Waals surface area contributed by atoms with Crippen molar-refractivity contribution in [1.82, 2.24) is 4.98 Å². The molecule has 1 aromatic heterocycles. The van der Waals surface area contributed by atoms with Crippen LogP contribution < -0.4 is 0 Å². The van der Waals surface area contributed by atoms with Crippen LogP contribution >= 0.6 is 0 Å². The second-order valence-electron chi connectivity index (χ2n) is 10.8. The quantitative estimate of drug-likeness (QED) is 0.655. The highest BCUT2D eigenvalue weighted by atomic mass is 16.5. The van der Waals surface area contributed by atoms with Crippen molar-refractivity contribution >= 4 is 0 Å². The monoisotopic (exact) mass is 416 g/mol. The zero-order chi connectivity index (χ0) is 22.0.